The van der Waals surface area contributed by atoms with E-state index in [2.05, 4.69) is 16.9 Å². The fraction of sp³-hybridized carbons (Fsp3) is 0.643. The van der Waals surface area contributed by atoms with Gasteiger partial charge >= 0.3 is 0 Å². The van der Waals surface area contributed by atoms with Gasteiger partial charge in [0.2, 0.25) is 10.0 Å². The Kier molecular flexibility index (Phi) is 4.23. The first-order valence-electron chi connectivity index (χ1n) is 7.30. The molecule has 2 atom stereocenters. The minimum Gasteiger partial charge on any atom is -0.303 e. The van der Waals surface area contributed by atoms with E-state index in [0.717, 1.165) is 25.8 Å². The molecule has 0 aromatic carbocycles. The highest BCUT2D eigenvalue weighted by molar-refractivity contribution is 7.89. The molecule has 2 aliphatic rings. The first-order chi connectivity index (χ1) is 9.98. The summed E-state index contributed by atoms with van der Waals surface area (Å²) in [6, 6.07) is 3.46. The van der Waals surface area contributed by atoms with Crippen LogP contribution in [0.15, 0.2) is 23.2 Å². The zero-order valence-electron chi connectivity index (χ0n) is 12.1. The van der Waals surface area contributed by atoms with Gasteiger partial charge in [-0.15, -0.1) is 0 Å². The van der Waals surface area contributed by atoms with Gasteiger partial charge in [-0.1, -0.05) is 11.6 Å². The normalized spacial score (nSPS) is 28.3. The lowest BCUT2D eigenvalue weighted by atomic mass is 9.85. The summed E-state index contributed by atoms with van der Waals surface area (Å²) in [5.74, 6) is 0.435. The zero-order valence-corrected chi connectivity index (χ0v) is 13.6. The maximum atomic E-state index is 12.7. The van der Waals surface area contributed by atoms with Gasteiger partial charge in [0.05, 0.1) is 4.90 Å². The summed E-state index contributed by atoms with van der Waals surface area (Å²) in [4.78, 5) is 6.47. The van der Waals surface area contributed by atoms with Crippen LogP contribution in [0.25, 0.3) is 0 Å². The van der Waals surface area contributed by atoms with Crippen LogP contribution in [0, 0.1) is 5.92 Å². The molecule has 0 saturated carbocycles. The molecule has 1 aromatic rings. The highest BCUT2D eigenvalue weighted by atomic mass is 35.5. The second kappa shape index (κ2) is 5.83. The molecule has 21 heavy (non-hydrogen) atoms. The molecule has 0 amide bonds. The van der Waals surface area contributed by atoms with Crippen LogP contribution in [0.4, 0.5) is 0 Å². The number of halogens is 1. The number of rotatable bonds is 2. The van der Waals surface area contributed by atoms with Gasteiger partial charge in [-0.05, 0) is 50.9 Å². The number of hydrogen-bond acceptors (Lipinski definition) is 4. The predicted molar refractivity (Wildman–Crippen MR) is 81.8 cm³/mol. The maximum Gasteiger partial charge on any atom is 0.243 e. The van der Waals surface area contributed by atoms with Crippen LogP contribution in [-0.4, -0.2) is 55.3 Å². The summed E-state index contributed by atoms with van der Waals surface area (Å²) in [5, 5.41) is 0.211. The third kappa shape index (κ3) is 2.95. The molecule has 0 spiro atoms. The van der Waals surface area contributed by atoms with E-state index in [1.54, 1.807) is 4.31 Å². The molecule has 2 fully saturated rings. The number of pyridine rings is 1. The van der Waals surface area contributed by atoms with E-state index < -0.39 is 10.0 Å². The topological polar surface area (TPSA) is 53.5 Å². The zero-order chi connectivity index (χ0) is 15.0. The van der Waals surface area contributed by atoms with Gasteiger partial charge < -0.3 is 4.90 Å². The molecule has 116 valence electrons. The van der Waals surface area contributed by atoms with Crippen LogP contribution in [0.3, 0.4) is 0 Å². The Morgan fingerprint density at radius 2 is 2.14 bits per heavy atom. The van der Waals surface area contributed by atoms with Crippen LogP contribution in [0.1, 0.15) is 19.3 Å². The van der Waals surface area contributed by atoms with E-state index in [-0.39, 0.29) is 10.0 Å². The number of likely N-dealkylation sites (tertiary alicyclic amines) is 1. The lowest BCUT2D eigenvalue weighted by Gasteiger charge is -2.45. The maximum absolute atomic E-state index is 12.7. The van der Waals surface area contributed by atoms with E-state index in [0.29, 0.717) is 25.0 Å². The summed E-state index contributed by atoms with van der Waals surface area (Å²) in [7, 11) is -1.32. The minimum atomic E-state index is -3.46. The fourth-order valence-corrected chi connectivity index (χ4v) is 5.30. The summed E-state index contributed by atoms with van der Waals surface area (Å²) >= 11 is 5.82. The number of aromatic nitrogens is 1. The number of sulfonamides is 1. The van der Waals surface area contributed by atoms with Crippen molar-refractivity contribution in [2.75, 3.05) is 26.7 Å². The molecule has 0 aliphatic carbocycles. The lowest BCUT2D eigenvalue weighted by molar-refractivity contribution is 0.0671. The first kappa shape index (κ1) is 15.2. The Bertz CT molecular complexity index is 622. The summed E-state index contributed by atoms with van der Waals surface area (Å²) in [5.41, 5.74) is 0. The molecular formula is C14H20ClN3O2S. The summed E-state index contributed by atoms with van der Waals surface area (Å²) < 4.78 is 27.1. The molecule has 2 aliphatic heterocycles. The lowest BCUT2D eigenvalue weighted by Crippen LogP contribution is -2.53. The van der Waals surface area contributed by atoms with Gasteiger partial charge in [-0.3, -0.25) is 0 Å². The van der Waals surface area contributed by atoms with Crippen molar-refractivity contribution < 1.29 is 8.42 Å². The molecule has 3 heterocycles. The van der Waals surface area contributed by atoms with Crippen molar-refractivity contribution in [3.63, 3.8) is 0 Å². The second-order valence-electron chi connectivity index (χ2n) is 5.92. The van der Waals surface area contributed by atoms with E-state index in [1.165, 1.54) is 18.3 Å². The van der Waals surface area contributed by atoms with Gasteiger partial charge in [-0.2, -0.15) is 4.31 Å². The molecule has 0 bridgehead atoms. The minimum absolute atomic E-state index is 0.211. The summed E-state index contributed by atoms with van der Waals surface area (Å²) in [6.45, 7) is 2.30. The fourth-order valence-electron chi connectivity index (χ4n) is 3.53. The Morgan fingerprint density at radius 1 is 1.33 bits per heavy atom. The number of fused-ring (bicyclic) bond motifs is 1. The highest BCUT2D eigenvalue weighted by Crippen LogP contribution is 2.32. The van der Waals surface area contributed by atoms with Gasteiger partial charge in [-0.25, -0.2) is 13.4 Å². The van der Waals surface area contributed by atoms with Crippen LogP contribution in [0.5, 0.6) is 0 Å². The monoisotopic (exact) mass is 329 g/mol. The van der Waals surface area contributed by atoms with Crippen molar-refractivity contribution in [3.8, 4) is 0 Å². The van der Waals surface area contributed by atoms with Gasteiger partial charge in [0.25, 0.3) is 0 Å². The Hall–Kier alpha value is -0.690. The Balaban J connectivity index is 1.81. The Labute approximate surface area is 131 Å². The molecular weight excluding hydrogens is 310 g/mol. The molecule has 7 heteroatoms. The molecule has 0 radical (unpaired) electrons. The van der Waals surface area contributed by atoms with Crippen LogP contribution < -0.4 is 0 Å². The quantitative estimate of drug-likeness (QED) is 0.777. The van der Waals surface area contributed by atoms with Gasteiger partial charge in [0.15, 0.2) is 0 Å². The van der Waals surface area contributed by atoms with Crippen LogP contribution in [0.2, 0.25) is 5.15 Å². The van der Waals surface area contributed by atoms with E-state index >= 15 is 0 Å². The molecule has 2 unspecified atom stereocenters. The second-order valence-corrected chi connectivity index (χ2v) is 8.24. The molecule has 3 rings (SSSR count). The van der Waals surface area contributed by atoms with Crippen molar-refractivity contribution in [3.05, 3.63) is 23.5 Å². The molecule has 0 N–H and O–H groups in total. The van der Waals surface area contributed by atoms with Crippen molar-refractivity contribution in [1.29, 1.82) is 0 Å². The average Bonchev–Trinajstić information content (AvgIpc) is 2.47. The standard InChI is InChI=1S/C14H20ClN3O2S/c1-17-7-2-3-11-10-18(8-5-13(11)17)21(19,20)12-4-6-16-14(15)9-12/h4,6,9,11,13H,2-3,5,7-8,10H2,1H3. The van der Waals surface area contributed by atoms with Crippen molar-refractivity contribution >= 4 is 21.6 Å². The van der Waals surface area contributed by atoms with E-state index in [1.807, 2.05) is 0 Å². The SMILES string of the molecule is CN1CCCC2CN(S(=O)(=O)c3ccnc(Cl)c3)CCC21. The van der Waals surface area contributed by atoms with Gasteiger partial charge in [0, 0.05) is 25.3 Å². The number of nitrogens with zero attached hydrogens (tertiary/aromatic N) is 3. The highest BCUT2D eigenvalue weighted by Gasteiger charge is 2.38. The van der Waals surface area contributed by atoms with Crippen LogP contribution >= 0.6 is 11.6 Å². The first-order valence-corrected chi connectivity index (χ1v) is 9.12. The van der Waals surface area contributed by atoms with Crippen molar-refractivity contribution in [2.24, 2.45) is 5.92 Å². The van der Waals surface area contributed by atoms with Crippen molar-refractivity contribution in [1.82, 2.24) is 14.2 Å². The number of hydrogen-bond donors (Lipinski definition) is 0. The molecule has 5 nitrogen and oxygen atoms in total. The van der Waals surface area contributed by atoms with Crippen LogP contribution in [-0.2, 0) is 10.0 Å². The van der Waals surface area contributed by atoms with E-state index in [9.17, 15) is 8.42 Å². The smallest absolute Gasteiger partial charge is 0.243 e. The predicted octanol–water partition coefficient (Wildman–Crippen LogP) is 1.84. The Morgan fingerprint density at radius 3 is 2.90 bits per heavy atom. The largest absolute Gasteiger partial charge is 0.303 e. The molecule has 1 aromatic heterocycles. The van der Waals surface area contributed by atoms with E-state index in [4.69, 9.17) is 11.6 Å². The van der Waals surface area contributed by atoms with Gasteiger partial charge in [0.1, 0.15) is 5.15 Å². The molecule has 2 saturated heterocycles. The summed E-state index contributed by atoms with van der Waals surface area (Å²) in [6.07, 6.45) is 4.60. The third-order valence-corrected chi connectivity index (χ3v) is 6.71. The third-order valence-electron chi connectivity index (χ3n) is 4.64. The van der Waals surface area contributed by atoms with Crippen molar-refractivity contribution in [2.45, 2.75) is 30.2 Å². The number of piperidine rings is 2. The average molecular weight is 330 g/mol.